The van der Waals surface area contributed by atoms with Crippen LogP contribution >= 0.6 is 11.6 Å². The van der Waals surface area contributed by atoms with Crippen molar-refractivity contribution in [2.75, 3.05) is 55.4 Å². The van der Waals surface area contributed by atoms with Gasteiger partial charge in [0.2, 0.25) is 65.0 Å². The Hall–Kier alpha value is -6.53. The third-order valence-corrected chi connectivity index (χ3v) is 19.0. The van der Waals surface area contributed by atoms with Gasteiger partial charge in [-0.25, -0.2) is 0 Å². The Labute approximate surface area is 535 Å². The Morgan fingerprint density at radius 1 is 0.633 bits per heavy atom. The molecule has 0 spiro atoms. The lowest BCUT2D eigenvalue weighted by Crippen LogP contribution is -2.64. The van der Waals surface area contributed by atoms with Crippen LogP contribution in [0.1, 0.15) is 164 Å². The van der Waals surface area contributed by atoms with Crippen molar-refractivity contribution in [3.05, 3.63) is 34.3 Å². The molecule has 2 saturated heterocycles. The highest BCUT2D eigenvalue weighted by Gasteiger charge is 2.46. The van der Waals surface area contributed by atoms with Gasteiger partial charge < -0.3 is 55.6 Å². The van der Waals surface area contributed by atoms with Crippen molar-refractivity contribution in [2.45, 2.75) is 226 Å². The molecule has 1 saturated carbocycles. The van der Waals surface area contributed by atoms with Gasteiger partial charge in [-0.05, 0) is 115 Å². The van der Waals surface area contributed by atoms with Crippen molar-refractivity contribution in [1.82, 2.24) is 55.6 Å². The number of fused-ring (bicyclic) bond motifs is 1. The van der Waals surface area contributed by atoms with Crippen LogP contribution < -0.4 is 21.3 Å². The quantitative estimate of drug-likeness (QED) is 0.218. The number of halogens is 4. The maximum Gasteiger partial charge on any atom is 0.417 e. The number of hydrogen-bond acceptors (Lipinski definition) is 11. The molecule has 0 aromatic heterocycles. The molecule has 4 rings (SSSR count). The average Bonchev–Trinajstić information content (AvgIpc) is 0.843. The van der Waals surface area contributed by atoms with Crippen LogP contribution in [0.4, 0.5) is 13.2 Å². The SMILES string of the molecule is CCC(C)[C@@H]1NC(=O)[C@H](C)N(C)C(=O)C[C@@H](C)N(C)C(=O)[C@H](CC(C)C)NC(=O)C(C)(C)N(C)C(=O)[C@H](CC(C)C)NC(=O)[C@H](CCc2ccc(C(F)(F)F)c(Cl)c2)NC(=O)[C@@H](C)N(C)C(=O)[C@H](CC2CCCCC2)N(C)C(=O)[C@@H]2CCN2C(=O)CN(C)C1=O. The molecule has 3 aliphatic rings. The summed E-state index contributed by atoms with van der Waals surface area (Å²) in [5, 5.41) is 10.6. The minimum Gasteiger partial charge on any atom is -0.343 e. The monoisotopic (exact) mass is 1290 g/mol. The molecule has 22 nitrogen and oxygen atoms in total. The molecule has 4 N–H and O–H groups in total. The predicted molar refractivity (Wildman–Crippen MR) is 335 cm³/mol. The minimum atomic E-state index is -4.76. The molecule has 0 bridgehead atoms. The first-order valence-electron chi connectivity index (χ1n) is 31.7. The van der Waals surface area contributed by atoms with Gasteiger partial charge in [0.25, 0.3) is 0 Å². The topological polar surface area (TPSA) is 259 Å². The summed E-state index contributed by atoms with van der Waals surface area (Å²) in [7, 11) is 8.54. The van der Waals surface area contributed by atoms with E-state index in [9.17, 15) is 65.9 Å². The standard InChI is InChI=1S/C64H101ClF3N11O11/c1-18-38(6)53-61(89)73(12)35-52(81)79-29-28-49(79)59(87)77(16)50(34-42-22-20-19-21-23-42)60(88)76(15)41(9)54(82)69-46(27-25-43-24-26-44(45(65)33-43)64(66,67)68)56(84)70-48(31-37(4)5)58(86)78(17)63(10,11)62(90)71-47(30-36(2)3)57(85)74(13)39(7)32-51(80)75(14)40(8)55(83)72-53/h24,26,33,36-42,46-50,53H,18-23,25,27-32,34-35H2,1-17H3,(H,69,82)(H,70,84)(H,71,90)(H,72,83)/t38?,39-,40+,41-,46+,47+,48+,49+,50+,53+/m1/s1. The van der Waals surface area contributed by atoms with Gasteiger partial charge in [-0.15, -0.1) is 0 Å². The summed E-state index contributed by atoms with van der Waals surface area (Å²) in [5.41, 5.74) is -2.49. The minimum absolute atomic E-state index is 0.0249. The Morgan fingerprint density at radius 2 is 1.19 bits per heavy atom. The predicted octanol–water partition coefficient (Wildman–Crippen LogP) is 5.41. The molecule has 11 amide bonds. The van der Waals surface area contributed by atoms with Gasteiger partial charge in [-0.1, -0.05) is 97.7 Å². The van der Waals surface area contributed by atoms with Crippen LogP contribution in [0, 0.1) is 23.7 Å². The summed E-state index contributed by atoms with van der Waals surface area (Å²) in [5.74, 6) is -7.96. The highest BCUT2D eigenvalue weighted by Crippen LogP contribution is 2.36. The van der Waals surface area contributed by atoms with Crippen LogP contribution in [0.2, 0.25) is 5.02 Å². The fourth-order valence-corrected chi connectivity index (χ4v) is 11.8. The van der Waals surface area contributed by atoms with Crippen LogP contribution in [0.25, 0.3) is 0 Å². The zero-order valence-corrected chi connectivity index (χ0v) is 56.7. The Kier molecular flexibility index (Phi) is 27.5. The number of nitrogens with zero attached hydrogens (tertiary/aromatic N) is 7. The third kappa shape index (κ3) is 19.5. The van der Waals surface area contributed by atoms with Gasteiger partial charge in [0.05, 0.1) is 17.1 Å². The summed E-state index contributed by atoms with van der Waals surface area (Å²) in [6, 6.07) is -7.30. The van der Waals surface area contributed by atoms with E-state index < -0.39 is 154 Å². The van der Waals surface area contributed by atoms with Crippen LogP contribution in [-0.2, 0) is 65.3 Å². The summed E-state index contributed by atoms with van der Waals surface area (Å²) < 4.78 is 41.3. The van der Waals surface area contributed by atoms with Crippen LogP contribution in [0.15, 0.2) is 18.2 Å². The van der Waals surface area contributed by atoms with Gasteiger partial charge in [0.15, 0.2) is 0 Å². The zero-order valence-electron chi connectivity index (χ0n) is 56.0. The van der Waals surface area contributed by atoms with E-state index in [-0.39, 0.29) is 74.8 Å². The fourth-order valence-electron chi connectivity index (χ4n) is 11.5. The van der Waals surface area contributed by atoms with Gasteiger partial charge in [-0.2, -0.15) is 13.2 Å². The normalized spacial score (nSPS) is 27.1. The Balaban J connectivity index is 1.83. The number of benzene rings is 1. The van der Waals surface area contributed by atoms with Crippen LogP contribution in [0.3, 0.4) is 0 Å². The molecular formula is C64H101ClF3N11O11. The van der Waals surface area contributed by atoms with Gasteiger partial charge in [-0.3, -0.25) is 52.7 Å². The van der Waals surface area contributed by atoms with Crippen molar-refractivity contribution in [3.63, 3.8) is 0 Å². The summed E-state index contributed by atoms with van der Waals surface area (Å²) in [4.78, 5) is 168. The number of amides is 11. The van der Waals surface area contributed by atoms with E-state index in [1.54, 1.807) is 27.7 Å². The molecule has 26 heteroatoms. The molecule has 2 heterocycles. The third-order valence-electron chi connectivity index (χ3n) is 18.7. The van der Waals surface area contributed by atoms with Crippen molar-refractivity contribution >= 4 is 76.6 Å². The number of nitrogens with one attached hydrogen (secondary N) is 4. The lowest BCUT2D eigenvalue weighted by atomic mass is 9.84. The molecule has 1 aromatic carbocycles. The lowest BCUT2D eigenvalue weighted by Gasteiger charge is -2.44. The molecule has 1 unspecified atom stereocenters. The van der Waals surface area contributed by atoms with Gasteiger partial charge in [0.1, 0.15) is 53.9 Å². The molecule has 506 valence electrons. The van der Waals surface area contributed by atoms with E-state index >= 15 is 0 Å². The van der Waals surface area contributed by atoms with Crippen molar-refractivity contribution < 1.29 is 65.9 Å². The van der Waals surface area contributed by atoms with E-state index in [1.165, 1.54) is 105 Å². The molecule has 1 aliphatic carbocycles. The van der Waals surface area contributed by atoms with Gasteiger partial charge >= 0.3 is 6.18 Å². The summed E-state index contributed by atoms with van der Waals surface area (Å²) in [6.45, 7) is 18.1. The van der Waals surface area contributed by atoms with E-state index in [4.69, 9.17) is 11.6 Å². The fraction of sp³-hybridized carbons (Fsp3) is 0.734. The highest BCUT2D eigenvalue weighted by molar-refractivity contribution is 6.31. The second kappa shape index (κ2) is 32.7. The molecule has 1 aromatic rings. The van der Waals surface area contributed by atoms with Crippen molar-refractivity contribution in [3.8, 4) is 0 Å². The van der Waals surface area contributed by atoms with Crippen LogP contribution in [-0.4, -0.2) is 215 Å². The molecule has 10 atom stereocenters. The smallest absolute Gasteiger partial charge is 0.343 e. The van der Waals surface area contributed by atoms with E-state index in [0.717, 1.165) is 49.1 Å². The number of hydrogen-bond donors (Lipinski definition) is 4. The number of likely N-dealkylation sites (N-methyl/N-ethyl adjacent to an activating group) is 6. The van der Waals surface area contributed by atoms with Crippen molar-refractivity contribution in [2.24, 2.45) is 23.7 Å². The van der Waals surface area contributed by atoms with E-state index in [0.29, 0.717) is 6.42 Å². The largest absolute Gasteiger partial charge is 0.417 e. The van der Waals surface area contributed by atoms with Crippen LogP contribution in [0.5, 0.6) is 0 Å². The first-order chi connectivity index (χ1) is 41.8. The maximum absolute atomic E-state index is 15.0. The number of carbonyl (C=O) groups is 11. The molecular weight excluding hydrogens is 1190 g/mol. The Bertz CT molecular complexity index is 2760. The number of rotatable bonds is 11. The number of aryl methyl sites for hydroxylation is 1. The summed E-state index contributed by atoms with van der Waals surface area (Å²) >= 11 is 6.11. The number of alkyl halides is 3. The molecule has 90 heavy (non-hydrogen) atoms. The first kappa shape index (κ1) is 75.9. The van der Waals surface area contributed by atoms with E-state index in [2.05, 4.69) is 21.3 Å². The zero-order chi connectivity index (χ0) is 68.2. The first-order valence-corrected chi connectivity index (χ1v) is 32.1. The summed E-state index contributed by atoms with van der Waals surface area (Å²) in [6.07, 6.45) is 0.118. The number of carbonyl (C=O) groups excluding carboxylic acids is 11. The second-order valence-electron chi connectivity index (χ2n) is 26.7. The van der Waals surface area contributed by atoms with Crippen molar-refractivity contribution in [1.29, 1.82) is 0 Å². The lowest BCUT2D eigenvalue weighted by molar-refractivity contribution is -0.158. The second-order valence-corrected chi connectivity index (χ2v) is 27.1. The van der Waals surface area contributed by atoms with Gasteiger partial charge in [0, 0.05) is 61.3 Å². The Morgan fingerprint density at radius 3 is 1.72 bits per heavy atom. The van der Waals surface area contributed by atoms with E-state index in [1.807, 2.05) is 20.8 Å². The highest BCUT2D eigenvalue weighted by atomic mass is 35.5. The molecule has 2 aliphatic heterocycles. The molecule has 0 radical (unpaired) electrons. The molecule has 3 fully saturated rings. The average molecular weight is 1290 g/mol. The maximum atomic E-state index is 15.0.